The lowest BCUT2D eigenvalue weighted by atomic mass is 10.6. The first kappa shape index (κ1) is 8.84. The first-order chi connectivity index (χ1) is 4.43. The van der Waals surface area contributed by atoms with Gasteiger partial charge < -0.3 is 10.9 Å². The molecule has 1 rings (SSSR count). The van der Waals surface area contributed by atoms with Crippen LogP contribution in [-0.4, -0.2) is 16.8 Å². The third-order valence-corrected chi connectivity index (χ3v) is 0.840. The second-order valence-corrected chi connectivity index (χ2v) is 1.49. The van der Waals surface area contributed by atoms with Gasteiger partial charge in [-0.05, 0) is 13.0 Å². The molecule has 0 amide bonds. The van der Waals surface area contributed by atoms with Crippen LogP contribution in [0.3, 0.4) is 0 Å². The standard InChI is InChI=1S/C6H8N2O.H3N/c1-2-9-6-4-3-5-7-8-6;/h3-5H,2H2,1H3;1H3. The summed E-state index contributed by atoms with van der Waals surface area (Å²) in [5.41, 5.74) is 0. The van der Waals surface area contributed by atoms with Crippen molar-refractivity contribution in [3.8, 4) is 5.88 Å². The van der Waals surface area contributed by atoms with Crippen molar-refractivity contribution in [2.75, 3.05) is 6.61 Å². The van der Waals surface area contributed by atoms with E-state index in [-0.39, 0.29) is 6.15 Å². The molecule has 4 nitrogen and oxygen atoms in total. The molecule has 1 aromatic rings. The fourth-order valence-corrected chi connectivity index (χ4v) is 0.512. The Hall–Kier alpha value is -1.16. The number of rotatable bonds is 2. The van der Waals surface area contributed by atoms with E-state index in [0.29, 0.717) is 12.5 Å². The first-order valence-electron chi connectivity index (χ1n) is 2.84. The summed E-state index contributed by atoms with van der Waals surface area (Å²) in [6.45, 7) is 2.55. The average Bonchev–Trinajstić information content (AvgIpc) is 1.91. The molecule has 3 N–H and O–H groups in total. The van der Waals surface area contributed by atoms with E-state index >= 15 is 0 Å². The van der Waals surface area contributed by atoms with Crippen LogP contribution in [0.1, 0.15) is 6.92 Å². The Kier molecular flexibility index (Phi) is 4.15. The van der Waals surface area contributed by atoms with Gasteiger partial charge in [0.25, 0.3) is 0 Å². The van der Waals surface area contributed by atoms with Crippen LogP contribution in [0.15, 0.2) is 18.3 Å². The van der Waals surface area contributed by atoms with Crippen molar-refractivity contribution in [3.05, 3.63) is 18.3 Å². The Balaban J connectivity index is 0.000000810. The molecule has 0 aliphatic heterocycles. The van der Waals surface area contributed by atoms with Crippen LogP contribution in [0, 0.1) is 0 Å². The summed E-state index contributed by atoms with van der Waals surface area (Å²) in [7, 11) is 0. The monoisotopic (exact) mass is 141 g/mol. The summed E-state index contributed by atoms with van der Waals surface area (Å²) in [5, 5.41) is 7.32. The number of hydrogen-bond acceptors (Lipinski definition) is 4. The Bertz CT molecular complexity index is 166. The van der Waals surface area contributed by atoms with Crippen LogP contribution >= 0.6 is 0 Å². The van der Waals surface area contributed by atoms with E-state index in [1.807, 2.05) is 6.92 Å². The maximum Gasteiger partial charge on any atom is 0.233 e. The molecular weight excluding hydrogens is 130 g/mol. The zero-order chi connectivity index (χ0) is 6.53. The molecule has 0 radical (unpaired) electrons. The van der Waals surface area contributed by atoms with Crippen LogP contribution < -0.4 is 10.9 Å². The SMILES string of the molecule is CCOc1cccnn1.N. The van der Waals surface area contributed by atoms with E-state index in [1.54, 1.807) is 18.3 Å². The zero-order valence-electron chi connectivity index (χ0n) is 5.95. The Morgan fingerprint density at radius 1 is 1.60 bits per heavy atom. The van der Waals surface area contributed by atoms with Gasteiger partial charge in [0, 0.05) is 12.3 Å². The van der Waals surface area contributed by atoms with Crippen molar-refractivity contribution < 1.29 is 4.74 Å². The molecule has 0 saturated carbocycles. The Labute approximate surface area is 59.8 Å². The summed E-state index contributed by atoms with van der Waals surface area (Å²) >= 11 is 0. The van der Waals surface area contributed by atoms with Gasteiger partial charge in [-0.25, -0.2) is 0 Å². The van der Waals surface area contributed by atoms with Gasteiger partial charge in [-0.15, -0.1) is 5.10 Å². The summed E-state index contributed by atoms with van der Waals surface area (Å²) in [5.74, 6) is 0.583. The summed E-state index contributed by atoms with van der Waals surface area (Å²) in [4.78, 5) is 0. The number of aromatic nitrogens is 2. The molecule has 10 heavy (non-hydrogen) atoms. The van der Waals surface area contributed by atoms with Crippen LogP contribution in [0.4, 0.5) is 0 Å². The van der Waals surface area contributed by atoms with Crippen molar-refractivity contribution in [3.63, 3.8) is 0 Å². The Morgan fingerprint density at radius 2 is 2.40 bits per heavy atom. The molecule has 0 bridgehead atoms. The molecule has 4 heteroatoms. The maximum absolute atomic E-state index is 5.03. The van der Waals surface area contributed by atoms with E-state index in [1.165, 1.54) is 0 Å². The maximum atomic E-state index is 5.03. The summed E-state index contributed by atoms with van der Waals surface area (Å²) in [6, 6.07) is 3.56. The smallest absolute Gasteiger partial charge is 0.233 e. The normalized spacial score (nSPS) is 8.10. The van der Waals surface area contributed by atoms with Gasteiger partial charge in [0.2, 0.25) is 5.88 Å². The van der Waals surface area contributed by atoms with Gasteiger partial charge in [-0.2, -0.15) is 5.10 Å². The summed E-state index contributed by atoms with van der Waals surface area (Å²) < 4.78 is 5.03. The fraction of sp³-hybridized carbons (Fsp3) is 0.333. The molecule has 56 valence electrons. The fourth-order valence-electron chi connectivity index (χ4n) is 0.512. The van der Waals surface area contributed by atoms with Gasteiger partial charge >= 0.3 is 0 Å². The van der Waals surface area contributed by atoms with E-state index in [4.69, 9.17) is 4.74 Å². The van der Waals surface area contributed by atoms with Gasteiger partial charge in [-0.3, -0.25) is 0 Å². The van der Waals surface area contributed by atoms with Crippen LogP contribution in [0.5, 0.6) is 5.88 Å². The van der Waals surface area contributed by atoms with Gasteiger partial charge in [-0.1, -0.05) is 0 Å². The van der Waals surface area contributed by atoms with Gasteiger partial charge in [0.05, 0.1) is 6.61 Å². The third kappa shape index (κ3) is 2.41. The molecule has 0 aromatic carbocycles. The van der Waals surface area contributed by atoms with Crippen LogP contribution in [-0.2, 0) is 0 Å². The molecular formula is C6H11N3O. The molecule has 0 saturated heterocycles. The van der Waals surface area contributed by atoms with Crippen molar-refractivity contribution in [1.29, 1.82) is 0 Å². The van der Waals surface area contributed by atoms with E-state index in [0.717, 1.165) is 0 Å². The predicted octanol–water partition coefficient (Wildman–Crippen LogP) is 1.04. The lowest BCUT2D eigenvalue weighted by Crippen LogP contribution is -1.94. The lowest BCUT2D eigenvalue weighted by Gasteiger charge is -1.96. The van der Waals surface area contributed by atoms with Gasteiger partial charge in [0.1, 0.15) is 0 Å². The molecule has 0 spiro atoms. The highest BCUT2D eigenvalue weighted by Gasteiger charge is 1.87. The van der Waals surface area contributed by atoms with Crippen LogP contribution in [0.25, 0.3) is 0 Å². The van der Waals surface area contributed by atoms with Crippen LogP contribution in [0.2, 0.25) is 0 Å². The second kappa shape index (κ2) is 4.69. The minimum atomic E-state index is 0. The second-order valence-electron chi connectivity index (χ2n) is 1.49. The highest BCUT2D eigenvalue weighted by Crippen LogP contribution is 1.99. The highest BCUT2D eigenvalue weighted by molar-refractivity contribution is 5.04. The predicted molar refractivity (Wildman–Crippen MR) is 38.2 cm³/mol. The van der Waals surface area contributed by atoms with Crippen molar-refractivity contribution in [2.24, 2.45) is 0 Å². The summed E-state index contributed by atoms with van der Waals surface area (Å²) in [6.07, 6.45) is 1.61. The van der Waals surface area contributed by atoms with Gasteiger partial charge in [0.15, 0.2) is 0 Å². The molecule has 0 unspecified atom stereocenters. The van der Waals surface area contributed by atoms with Crippen molar-refractivity contribution >= 4 is 0 Å². The largest absolute Gasteiger partial charge is 0.477 e. The molecule has 1 heterocycles. The molecule has 1 aromatic heterocycles. The lowest BCUT2D eigenvalue weighted by molar-refractivity contribution is 0.322. The topological polar surface area (TPSA) is 70.0 Å². The highest BCUT2D eigenvalue weighted by atomic mass is 16.5. The third-order valence-electron chi connectivity index (χ3n) is 0.840. The first-order valence-corrected chi connectivity index (χ1v) is 2.84. The van der Waals surface area contributed by atoms with E-state index in [9.17, 15) is 0 Å². The van der Waals surface area contributed by atoms with Crippen molar-refractivity contribution in [2.45, 2.75) is 6.92 Å². The Morgan fingerprint density at radius 3 is 2.90 bits per heavy atom. The number of nitrogens with zero attached hydrogens (tertiary/aromatic N) is 2. The average molecular weight is 141 g/mol. The zero-order valence-corrected chi connectivity index (χ0v) is 5.95. The molecule has 0 aliphatic rings. The minimum absolute atomic E-state index is 0. The number of hydrogen-bond donors (Lipinski definition) is 1. The molecule has 0 fully saturated rings. The quantitative estimate of drug-likeness (QED) is 0.668. The number of ether oxygens (including phenoxy) is 1. The molecule has 0 atom stereocenters. The van der Waals surface area contributed by atoms with Crippen molar-refractivity contribution in [1.82, 2.24) is 16.3 Å². The van der Waals surface area contributed by atoms with E-state index in [2.05, 4.69) is 10.2 Å². The molecule has 0 aliphatic carbocycles. The van der Waals surface area contributed by atoms with E-state index < -0.39 is 0 Å². The minimum Gasteiger partial charge on any atom is -0.477 e.